The summed E-state index contributed by atoms with van der Waals surface area (Å²) < 4.78 is 0. The van der Waals surface area contributed by atoms with E-state index in [0.717, 1.165) is 5.52 Å². The fourth-order valence-corrected chi connectivity index (χ4v) is 1.39. The molecule has 96 valence electrons. The lowest BCUT2D eigenvalue weighted by atomic mass is 10.2. The van der Waals surface area contributed by atoms with E-state index >= 15 is 0 Å². The van der Waals surface area contributed by atoms with E-state index in [1.54, 1.807) is 6.07 Å². The fraction of sp³-hybridized carbons (Fsp3) is 0.200. The van der Waals surface area contributed by atoms with Gasteiger partial charge in [-0.3, -0.25) is 4.79 Å². The van der Waals surface area contributed by atoms with E-state index in [2.05, 4.69) is 9.97 Å². The van der Waals surface area contributed by atoms with Gasteiger partial charge < -0.3 is 16.2 Å². The first-order chi connectivity index (χ1) is 6.81. The van der Waals surface area contributed by atoms with Crippen LogP contribution in [0.1, 0.15) is 5.82 Å². The molecule has 0 fully saturated rings. The van der Waals surface area contributed by atoms with Gasteiger partial charge in [0.1, 0.15) is 5.82 Å². The summed E-state index contributed by atoms with van der Waals surface area (Å²) in [6.07, 6.45) is 0.597. The van der Waals surface area contributed by atoms with E-state index in [9.17, 15) is 4.79 Å². The average molecular weight is 280 g/mol. The molecule has 0 aliphatic rings. The molecule has 1 aromatic heterocycles. The minimum Gasteiger partial charge on any atom is -0.412 e. The van der Waals surface area contributed by atoms with Crippen LogP contribution < -0.4 is 11.3 Å². The van der Waals surface area contributed by atoms with E-state index < -0.39 is 0 Å². The van der Waals surface area contributed by atoms with Gasteiger partial charge in [-0.05, 0) is 18.7 Å². The topological polar surface area (TPSA) is 103 Å². The Morgan fingerprint density at radius 3 is 2.53 bits per heavy atom. The maximum absolute atomic E-state index is 11.5. The molecular weight excluding hydrogens is 265 g/mol. The van der Waals surface area contributed by atoms with E-state index in [1.807, 2.05) is 18.2 Å². The first-order valence-corrected chi connectivity index (χ1v) is 4.49. The summed E-state index contributed by atoms with van der Waals surface area (Å²) in [6.45, 7) is 0.487. The zero-order valence-corrected chi connectivity index (χ0v) is 10.6. The predicted molar refractivity (Wildman–Crippen MR) is 73.2 cm³/mol. The van der Waals surface area contributed by atoms with E-state index in [4.69, 9.17) is 5.73 Å². The van der Waals surface area contributed by atoms with Gasteiger partial charge in [-0.2, -0.15) is 0 Å². The Labute approximate surface area is 111 Å². The Hall–Kier alpha value is -1.14. The Kier molecular flexibility index (Phi) is 8.61. The molecule has 0 amide bonds. The number of aromatic nitrogens is 2. The highest BCUT2D eigenvalue weighted by molar-refractivity contribution is 5.85. The lowest BCUT2D eigenvalue weighted by Gasteiger charge is -2.00. The van der Waals surface area contributed by atoms with Crippen molar-refractivity contribution in [2.45, 2.75) is 6.42 Å². The standard InChI is InChI=1S/C10H11N3O.2ClH.H2O/c11-6-5-9-12-8-4-2-1-3-7(8)10(14)13-9;;;/h1-4H,5-6,11H2,(H,12,13,14);2*1H;1H2. The van der Waals surface area contributed by atoms with Crippen molar-refractivity contribution in [2.75, 3.05) is 6.54 Å². The number of para-hydroxylation sites is 1. The molecular formula is C10H15Cl2N3O2. The predicted octanol–water partition coefficient (Wildman–Crippen LogP) is 0.443. The normalized spacial score (nSPS) is 8.76. The number of hydrogen-bond donors (Lipinski definition) is 2. The van der Waals surface area contributed by atoms with Crippen LogP contribution in [0.15, 0.2) is 29.1 Å². The second-order valence-electron chi connectivity index (χ2n) is 3.07. The number of benzene rings is 1. The number of fused-ring (bicyclic) bond motifs is 1. The molecule has 1 heterocycles. The molecule has 0 saturated carbocycles. The van der Waals surface area contributed by atoms with Crippen molar-refractivity contribution in [2.24, 2.45) is 5.73 Å². The molecule has 0 spiro atoms. The van der Waals surface area contributed by atoms with Crippen molar-refractivity contribution in [1.82, 2.24) is 9.97 Å². The molecule has 0 radical (unpaired) electrons. The molecule has 7 heteroatoms. The smallest absolute Gasteiger partial charge is 0.258 e. The Morgan fingerprint density at radius 1 is 1.24 bits per heavy atom. The molecule has 2 aromatic rings. The molecule has 2 rings (SSSR count). The first kappa shape index (κ1) is 18.2. The molecule has 5 N–H and O–H groups in total. The summed E-state index contributed by atoms with van der Waals surface area (Å²) in [6, 6.07) is 7.26. The second kappa shape index (κ2) is 8.03. The average Bonchev–Trinajstić information content (AvgIpc) is 2.18. The zero-order chi connectivity index (χ0) is 9.97. The highest BCUT2D eigenvalue weighted by Gasteiger charge is 2.01. The maximum atomic E-state index is 11.5. The van der Waals surface area contributed by atoms with E-state index in [1.165, 1.54) is 0 Å². The van der Waals surface area contributed by atoms with Crippen LogP contribution in [-0.2, 0) is 6.42 Å². The Bertz CT molecular complexity index is 516. The lowest BCUT2D eigenvalue weighted by Crippen LogP contribution is -2.14. The number of rotatable bonds is 2. The van der Waals surface area contributed by atoms with E-state index in [-0.39, 0.29) is 35.8 Å². The third kappa shape index (κ3) is 3.98. The highest BCUT2D eigenvalue weighted by Crippen LogP contribution is 2.05. The largest absolute Gasteiger partial charge is 0.412 e. The van der Waals surface area contributed by atoms with Gasteiger partial charge in [0.25, 0.3) is 5.56 Å². The Morgan fingerprint density at radius 2 is 1.88 bits per heavy atom. The molecule has 0 unspecified atom stereocenters. The summed E-state index contributed by atoms with van der Waals surface area (Å²) in [5.74, 6) is 0.649. The van der Waals surface area contributed by atoms with Gasteiger partial charge in [0.15, 0.2) is 0 Å². The zero-order valence-electron chi connectivity index (χ0n) is 8.97. The van der Waals surface area contributed by atoms with Gasteiger partial charge in [-0.1, -0.05) is 12.1 Å². The SMILES string of the molecule is Cl.Cl.NCCc1nc2ccccc2c(=O)[nH]1.O. The minimum absolute atomic E-state index is 0. The number of hydrogen-bond acceptors (Lipinski definition) is 3. The van der Waals surface area contributed by atoms with Gasteiger partial charge in [0.2, 0.25) is 0 Å². The summed E-state index contributed by atoms with van der Waals surface area (Å²) in [5.41, 5.74) is 6.02. The highest BCUT2D eigenvalue weighted by atomic mass is 35.5. The van der Waals surface area contributed by atoms with Crippen LogP contribution in [0.2, 0.25) is 0 Å². The van der Waals surface area contributed by atoms with Crippen LogP contribution in [-0.4, -0.2) is 22.0 Å². The Balaban J connectivity index is 0. The quantitative estimate of drug-likeness (QED) is 0.834. The number of halogens is 2. The van der Waals surface area contributed by atoms with Crippen molar-refractivity contribution in [3.05, 3.63) is 40.4 Å². The molecule has 17 heavy (non-hydrogen) atoms. The van der Waals surface area contributed by atoms with Crippen molar-refractivity contribution in [3.8, 4) is 0 Å². The molecule has 0 aliphatic carbocycles. The monoisotopic (exact) mass is 279 g/mol. The molecule has 0 atom stereocenters. The molecule has 0 bridgehead atoms. The van der Waals surface area contributed by atoms with Crippen molar-refractivity contribution < 1.29 is 5.48 Å². The summed E-state index contributed by atoms with van der Waals surface area (Å²) in [4.78, 5) is 18.5. The maximum Gasteiger partial charge on any atom is 0.258 e. The van der Waals surface area contributed by atoms with Crippen molar-refractivity contribution >= 4 is 35.7 Å². The van der Waals surface area contributed by atoms with E-state index in [0.29, 0.717) is 24.2 Å². The fourth-order valence-electron chi connectivity index (χ4n) is 1.39. The second-order valence-corrected chi connectivity index (χ2v) is 3.07. The first-order valence-electron chi connectivity index (χ1n) is 4.49. The van der Waals surface area contributed by atoms with Crippen molar-refractivity contribution in [1.29, 1.82) is 0 Å². The van der Waals surface area contributed by atoms with Gasteiger partial charge in [0, 0.05) is 6.42 Å². The molecule has 1 aromatic carbocycles. The minimum atomic E-state index is -0.0981. The molecule has 0 saturated heterocycles. The van der Waals surface area contributed by atoms with Crippen LogP contribution in [0.25, 0.3) is 10.9 Å². The summed E-state index contributed by atoms with van der Waals surface area (Å²) in [5, 5.41) is 0.619. The molecule has 5 nitrogen and oxygen atoms in total. The van der Waals surface area contributed by atoms with Crippen molar-refractivity contribution in [3.63, 3.8) is 0 Å². The van der Waals surface area contributed by atoms with Crippen LogP contribution in [0.5, 0.6) is 0 Å². The number of nitrogens with zero attached hydrogens (tertiary/aromatic N) is 1. The van der Waals surface area contributed by atoms with Crippen LogP contribution in [0, 0.1) is 0 Å². The third-order valence-corrected chi connectivity index (χ3v) is 2.04. The summed E-state index contributed by atoms with van der Waals surface area (Å²) in [7, 11) is 0. The lowest BCUT2D eigenvalue weighted by molar-refractivity contribution is 0.824. The number of aromatic amines is 1. The number of nitrogens with one attached hydrogen (secondary N) is 1. The van der Waals surface area contributed by atoms with Crippen LogP contribution in [0.4, 0.5) is 0 Å². The van der Waals surface area contributed by atoms with Gasteiger partial charge in [-0.25, -0.2) is 4.98 Å². The number of H-pyrrole nitrogens is 1. The van der Waals surface area contributed by atoms with Crippen LogP contribution in [0.3, 0.4) is 0 Å². The summed E-state index contributed by atoms with van der Waals surface area (Å²) >= 11 is 0. The van der Waals surface area contributed by atoms with Gasteiger partial charge in [0.05, 0.1) is 10.9 Å². The van der Waals surface area contributed by atoms with Gasteiger partial charge >= 0.3 is 0 Å². The third-order valence-electron chi connectivity index (χ3n) is 2.04. The number of nitrogens with two attached hydrogens (primary N) is 1. The molecule has 0 aliphatic heterocycles. The van der Waals surface area contributed by atoms with Gasteiger partial charge in [-0.15, -0.1) is 24.8 Å². The van der Waals surface area contributed by atoms with Crippen LogP contribution >= 0.6 is 24.8 Å².